The molecule has 5 heteroatoms. The highest BCUT2D eigenvalue weighted by Crippen LogP contribution is 2.18. The number of amides is 1. The first-order valence-electron chi connectivity index (χ1n) is 6.45. The number of ether oxygens (including phenoxy) is 1. The Kier molecular flexibility index (Phi) is 5.03. The van der Waals surface area contributed by atoms with Gasteiger partial charge in [0.15, 0.2) is 0 Å². The summed E-state index contributed by atoms with van der Waals surface area (Å²) in [6.45, 7) is 6.73. The van der Waals surface area contributed by atoms with Crippen LogP contribution in [0.25, 0.3) is 0 Å². The minimum absolute atomic E-state index is 0.0239. The van der Waals surface area contributed by atoms with Crippen molar-refractivity contribution < 1.29 is 14.0 Å². The highest BCUT2D eigenvalue weighted by Gasteiger charge is 2.37. The highest BCUT2D eigenvalue weighted by molar-refractivity contribution is 5.72. The van der Waals surface area contributed by atoms with Gasteiger partial charge in [0.25, 0.3) is 0 Å². The zero-order valence-corrected chi connectivity index (χ0v) is 12.2. The predicted molar refractivity (Wildman–Crippen MR) is 76.7 cm³/mol. The molecule has 0 aromatic carbocycles. The molecule has 1 aliphatic rings. The number of carbonyl (C=O) groups excluding carboxylic acids is 1. The molecular weight excluding hydrogens is 242 g/mol. The van der Waals surface area contributed by atoms with Crippen LogP contribution in [0.3, 0.4) is 0 Å². The van der Waals surface area contributed by atoms with E-state index in [1.807, 2.05) is 32.9 Å². The number of carbonyl (C=O) groups is 1. The van der Waals surface area contributed by atoms with Gasteiger partial charge in [0.1, 0.15) is 12.1 Å². The van der Waals surface area contributed by atoms with Crippen LogP contribution in [-0.4, -0.2) is 42.7 Å². The number of rotatable bonds is 3. The van der Waals surface area contributed by atoms with Crippen molar-refractivity contribution >= 4 is 12.4 Å². The number of aliphatic imine (C=N–C) groups is 1. The van der Waals surface area contributed by atoms with Crippen molar-refractivity contribution in [3.63, 3.8) is 0 Å². The van der Waals surface area contributed by atoms with Crippen molar-refractivity contribution in [3.05, 3.63) is 23.9 Å². The number of quaternary nitrogens is 1. The van der Waals surface area contributed by atoms with Crippen molar-refractivity contribution in [2.75, 3.05) is 20.1 Å². The zero-order chi connectivity index (χ0) is 14.5. The number of likely N-dealkylation sites (N-methyl/N-ethyl adjacent to an activating group) is 1. The van der Waals surface area contributed by atoms with Crippen molar-refractivity contribution in [1.29, 1.82) is 0 Å². The average molecular weight is 266 g/mol. The van der Waals surface area contributed by atoms with Gasteiger partial charge in [0.05, 0.1) is 7.05 Å². The molecule has 0 aliphatic carbocycles. The number of nitrogens with two attached hydrogens (primary N) is 1. The van der Waals surface area contributed by atoms with E-state index in [-0.39, 0.29) is 10.6 Å². The molecule has 1 unspecified atom stereocenters. The second-order valence-corrected chi connectivity index (χ2v) is 5.85. The minimum Gasteiger partial charge on any atom is -0.414 e. The topological polar surface area (TPSA) is 64.7 Å². The average Bonchev–Trinajstić information content (AvgIpc) is 2.27. The Balaban J connectivity index is 2.73. The van der Waals surface area contributed by atoms with Crippen molar-refractivity contribution in [2.45, 2.75) is 32.8 Å². The molecule has 0 saturated heterocycles. The molecule has 0 saturated carbocycles. The maximum Gasteiger partial charge on any atom is 0.522 e. The largest absolute Gasteiger partial charge is 0.522 e. The smallest absolute Gasteiger partial charge is 0.414 e. The van der Waals surface area contributed by atoms with Crippen LogP contribution in [0.2, 0.25) is 0 Å². The molecule has 1 atom stereocenters. The molecule has 0 fully saturated rings. The van der Waals surface area contributed by atoms with E-state index in [0.29, 0.717) is 13.1 Å². The first-order valence-corrected chi connectivity index (χ1v) is 6.45. The molecule has 0 aromatic rings. The van der Waals surface area contributed by atoms with E-state index in [9.17, 15) is 4.79 Å². The molecule has 1 heterocycles. The lowest BCUT2D eigenvalue weighted by atomic mass is 10.2. The van der Waals surface area contributed by atoms with Gasteiger partial charge in [-0.3, -0.25) is 0 Å². The Hall–Kier alpha value is -1.46. The lowest BCUT2D eigenvalue weighted by Gasteiger charge is -2.30. The van der Waals surface area contributed by atoms with Crippen molar-refractivity contribution in [2.24, 2.45) is 10.7 Å². The lowest BCUT2D eigenvalue weighted by molar-refractivity contribution is -0.734. The van der Waals surface area contributed by atoms with Crippen molar-refractivity contribution in [1.82, 2.24) is 0 Å². The van der Waals surface area contributed by atoms with Crippen molar-refractivity contribution in [3.8, 4) is 0 Å². The Bertz CT molecular complexity index is 419. The summed E-state index contributed by atoms with van der Waals surface area (Å²) in [5.41, 5.74) is 5.93. The molecule has 5 nitrogen and oxygen atoms in total. The molecule has 1 aliphatic heterocycles. The second-order valence-electron chi connectivity index (χ2n) is 5.85. The Labute approximate surface area is 115 Å². The summed E-state index contributed by atoms with van der Waals surface area (Å²) in [7, 11) is 1.79. The molecule has 2 N–H and O–H groups in total. The summed E-state index contributed by atoms with van der Waals surface area (Å²) in [5.74, 6) is 0. The van der Waals surface area contributed by atoms with Crippen LogP contribution in [0.1, 0.15) is 27.2 Å². The lowest BCUT2D eigenvalue weighted by Crippen LogP contribution is -2.52. The van der Waals surface area contributed by atoms with E-state index in [1.165, 1.54) is 0 Å². The number of hydrogen-bond donors (Lipinski definition) is 1. The van der Waals surface area contributed by atoms with Gasteiger partial charge in [-0.2, -0.15) is 9.28 Å². The fourth-order valence-electron chi connectivity index (χ4n) is 1.64. The minimum atomic E-state index is -0.497. The normalized spacial score (nSPS) is 23.5. The first-order chi connectivity index (χ1) is 8.77. The van der Waals surface area contributed by atoms with E-state index in [2.05, 4.69) is 4.99 Å². The SMILES string of the molecule is CC(C)(C)OC(=O)[N+]1(C)C=NC=C(/C=C/CCN)C1. The van der Waals surface area contributed by atoms with Gasteiger partial charge in [0.2, 0.25) is 6.34 Å². The molecule has 0 bridgehead atoms. The van der Waals surface area contributed by atoms with E-state index >= 15 is 0 Å². The summed E-state index contributed by atoms with van der Waals surface area (Å²) in [6, 6.07) is 0. The fraction of sp³-hybridized carbons (Fsp3) is 0.571. The highest BCUT2D eigenvalue weighted by atomic mass is 16.6. The monoisotopic (exact) mass is 266 g/mol. The third-order valence-corrected chi connectivity index (χ3v) is 2.55. The van der Waals surface area contributed by atoms with Gasteiger partial charge >= 0.3 is 6.09 Å². The molecule has 0 radical (unpaired) electrons. The van der Waals surface area contributed by atoms with Crippen LogP contribution in [0.4, 0.5) is 4.79 Å². The second kappa shape index (κ2) is 6.12. The van der Waals surface area contributed by atoms with Gasteiger partial charge in [-0.1, -0.05) is 12.2 Å². The summed E-state index contributed by atoms with van der Waals surface area (Å²) >= 11 is 0. The number of hydrogen-bond acceptors (Lipinski definition) is 4. The maximum absolute atomic E-state index is 12.2. The Morgan fingerprint density at radius 3 is 2.84 bits per heavy atom. The molecular formula is C14H24N3O2+. The predicted octanol–water partition coefficient (Wildman–Crippen LogP) is 2.20. The van der Waals surface area contributed by atoms with Crippen LogP contribution in [0.15, 0.2) is 28.9 Å². The molecule has 19 heavy (non-hydrogen) atoms. The summed E-state index contributed by atoms with van der Waals surface area (Å²) in [5, 5.41) is 0. The van der Waals surface area contributed by atoms with E-state index < -0.39 is 5.60 Å². The third kappa shape index (κ3) is 4.96. The molecule has 1 amide bonds. The quantitative estimate of drug-likeness (QED) is 0.796. The van der Waals surface area contributed by atoms with E-state index in [0.717, 1.165) is 12.0 Å². The fourth-order valence-corrected chi connectivity index (χ4v) is 1.64. The summed E-state index contributed by atoms with van der Waals surface area (Å²) < 4.78 is 5.45. The summed E-state index contributed by atoms with van der Waals surface area (Å²) in [6.07, 6.45) is 7.84. The van der Waals surface area contributed by atoms with Crippen LogP contribution >= 0.6 is 0 Å². The van der Waals surface area contributed by atoms with Crippen LogP contribution < -0.4 is 5.73 Å². The zero-order valence-electron chi connectivity index (χ0n) is 12.2. The first kappa shape index (κ1) is 15.6. The molecule has 106 valence electrons. The maximum atomic E-state index is 12.2. The summed E-state index contributed by atoms with van der Waals surface area (Å²) in [4.78, 5) is 16.3. The number of nitrogens with zero attached hydrogens (tertiary/aromatic N) is 2. The van der Waals surface area contributed by atoms with Gasteiger partial charge in [-0.05, 0) is 33.7 Å². The molecule has 0 spiro atoms. The standard InChI is InChI=1S/C14H24N3O2/c1-14(2,3)19-13(18)17(4)10-12(9-16-11-17)7-5-6-8-15/h5,7,9,11H,6,8,10,15H2,1-4H3/q+1/b7-5+. The van der Waals surface area contributed by atoms with Crippen LogP contribution in [0.5, 0.6) is 0 Å². The van der Waals surface area contributed by atoms with Gasteiger partial charge in [-0.15, -0.1) is 0 Å². The molecule has 1 rings (SSSR count). The Morgan fingerprint density at radius 2 is 2.26 bits per heavy atom. The van der Waals surface area contributed by atoms with Gasteiger partial charge < -0.3 is 10.5 Å². The van der Waals surface area contributed by atoms with Gasteiger partial charge in [0, 0.05) is 11.8 Å². The van der Waals surface area contributed by atoms with Gasteiger partial charge in [-0.25, -0.2) is 4.99 Å². The van der Waals surface area contributed by atoms with Crippen LogP contribution in [0, 0.1) is 0 Å². The molecule has 0 aromatic heterocycles. The van der Waals surface area contributed by atoms with Crippen LogP contribution in [-0.2, 0) is 4.74 Å². The van der Waals surface area contributed by atoms with E-state index in [1.54, 1.807) is 19.6 Å². The van der Waals surface area contributed by atoms with E-state index in [4.69, 9.17) is 10.5 Å². The Morgan fingerprint density at radius 1 is 1.58 bits per heavy atom. The third-order valence-electron chi connectivity index (χ3n) is 2.55.